The average molecular weight is 346 g/mol. The van der Waals surface area contributed by atoms with Crippen molar-refractivity contribution < 1.29 is 13.2 Å². The fourth-order valence-corrected chi connectivity index (χ4v) is 3.44. The molecule has 2 rings (SSSR count). The van der Waals surface area contributed by atoms with Crippen LogP contribution in [0.25, 0.3) is 0 Å². The van der Waals surface area contributed by atoms with Crippen LogP contribution >= 0.6 is 0 Å². The monoisotopic (exact) mass is 346 g/mol. The van der Waals surface area contributed by atoms with E-state index in [2.05, 4.69) is 27.4 Å². The van der Waals surface area contributed by atoms with E-state index in [1.165, 1.54) is 19.1 Å². The number of rotatable bonds is 8. The molecule has 134 valence electrons. The van der Waals surface area contributed by atoms with E-state index in [0.717, 1.165) is 25.0 Å². The smallest absolute Gasteiger partial charge is 0.191 e. The highest BCUT2D eigenvalue weighted by molar-refractivity contribution is 7.90. The maximum Gasteiger partial charge on any atom is 0.191 e. The fourth-order valence-electron chi connectivity index (χ4n) is 3.02. The summed E-state index contributed by atoms with van der Waals surface area (Å²) >= 11 is 0. The Bertz CT molecular complexity index is 505. The summed E-state index contributed by atoms with van der Waals surface area (Å²) in [6.45, 7) is 4.69. The lowest BCUT2D eigenvalue weighted by molar-refractivity contribution is 0.154. The molecular weight excluding hydrogens is 316 g/mol. The molecule has 23 heavy (non-hydrogen) atoms. The molecule has 0 radical (unpaired) electrons. The summed E-state index contributed by atoms with van der Waals surface area (Å²) in [4.78, 5) is 6.84. The highest BCUT2D eigenvalue weighted by Gasteiger charge is 2.38. The van der Waals surface area contributed by atoms with Gasteiger partial charge in [-0.25, -0.2) is 8.42 Å². The van der Waals surface area contributed by atoms with E-state index in [-0.39, 0.29) is 12.4 Å². The molecule has 1 heterocycles. The zero-order valence-corrected chi connectivity index (χ0v) is 15.2. The highest BCUT2D eigenvalue weighted by atomic mass is 32.2. The second kappa shape index (κ2) is 8.30. The van der Waals surface area contributed by atoms with Gasteiger partial charge < -0.3 is 15.4 Å². The summed E-state index contributed by atoms with van der Waals surface area (Å²) in [7, 11) is -1.19. The molecular formula is C15H30N4O3S. The van der Waals surface area contributed by atoms with E-state index in [1.54, 1.807) is 7.05 Å². The van der Waals surface area contributed by atoms with Crippen molar-refractivity contribution in [3.8, 4) is 0 Å². The number of nitrogens with zero attached hydrogens (tertiary/aromatic N) is 2. The van der Waals surface area contributed by atoms with Gasteiger partial charge in [0.25, 0.3) is 0 Å². The first kappa shape index (κ1) is 18.5. The lowest BCUT2D eigenvalue weighted by Gasteiger charge is -2.20. The van der Waals surface area contributed by atoms with E-state index >= 15 is 0 Å². The van der Waals surface area contributed by atoms with E-state index in [1.807, 2.05) is 0 Å². The highest BCUT2D eigenvalue weighted by Crippen LogP contribution is 2.33. The number of likely N-dealkylation sites (tertiary alicyclic amines) is 1. The molecule has 8 heteroatoms. The van der Waals surface area contributed by atoms with Gasteiger partial charge in [-0.1, -0.05) is 0 Å². The first-order valence-corrected chi connectivity index (χ1v) is 10.4. The first-order chi connectivity index (χ1) is 10.9. The van der Waals surface area contributed by atoms with Crippen molar-refractivity contribution in [2.75, 3.05) is 45.4 Å². The Balaban J connectivity index is 1.60. The second-order valence-electron chi connectivity index (χ2n) is 6.60. The summed E-state index contributed by atoms with van der Waals surface area (Å²) in [6, 6.07) is 1.87. The standard InChI is InChI=1S/C15H30N4O3S/c1-12-10-13(11-19(12)14-4-5-14)18-15(16-2)17-6-7-22-8-9-23(3,20)21/h12-14H,4-11H2,1-3H3,(H2,16,17,18). The molecule has 0 amide bonds. The Morgan fingerprint density at radius 2 is 2.09 bits per heavy atom. The third-order valence-corrected chi connectivity index (χ3v) is 5.25. The molecule has 0 bridgehead atoms. The fraction of sp³-hybridized carbons (Fsp3) is 0.933. The second-order valence-corrected chi connectivity index (χ2v) is 8.85. The predicted octanol–water partition coefficient (Wildman–Crippen LogP) is -0.162. The number of hydrogen-bond acceptors (Lipinski definition) is 5. The van der Waals surface area contributed by atoms with Crippen LogP contribution in [0.2, 0.25) is 0 Å². The van der Waals surface area contributed by atoms with Crippen molar-refractivity contribution in [2.24, 2.45) is 4.99 Å². The molecule has 0 spiro atoms. The van der Waals surface area contributed by atoms with Crippen molar-refractivity contribution in [3.05, 3.63) is 0 Å². The van der Waals surface area contributed by atoms with Gasteiger partial charge in [0.1, 0.15) is 9.84 Å². The van der Waals surface area contributed by atoms with E-state index in [9.17, 15) is 8.42 Å². The molecule has 2 N–H and O–H groups in total. The lowest BCUT2D eigenvalue weighted by atomic mass is 10.2. The summed E-state index contributed by atoms with van der Waals surface area (Å²) in [6.07, 6.45) is 5.04. The molecule has 1 saturated heterocycles. The van der Waals surface area contributed by atoms with Gasteiger partial charge in [-0.2, -0.15) is 0 Å². The Morgan fingerprint density at radius 3 is 2.70 bits per heavy atom. The van der Waals surface area contributed by atoms with Crippen LogP contribution in [0.4, 0.5) is 0 Å². The molecule has 2 fully saturated rings. The molecule has 1 aliphatic carbocycles. The number of aliphatic imine (C=N–C) groups is 1. The summed E-state index contributed by atoms with van der Waals surface area (Å²) in [5.74, 6) is 0.850. The van der Waals surface area contributed by atoms with Crippen LogP contribution < -0.4 is 10.6 Å². The quantitative estimate of drug-likeness (QED) is 0.361. The van der Waals surface area contributed by atoms with Crippen LogP contribution in [0.5, 0.6) is 0 Å². The number of hydrogen-bond donors (Lipinski definition) is 2. The van der Waals surface area contributed by atoms with Gasteiger partial charge in [0.2, 0.25) is 0 Å². The Kier molecular flexibility index (Phi) is 6.67. The number of nitrogens with one attached hydrogen (secondary N) is 2. The number of ether oxygens (including phenoxy) is 1. The van der Waals surface area contributed by atoms with E-state index < -0.39 is 9.84 Å². The van der Waals surface area contributed by atoms with Gasteiger partial charge in [-0.05, 0) is 26.2 Å². The topological polar surface area (TPSA) is 83.0 Å². The first-order valence-electron chi connectivity index (χ1n) is 8.37. The molecule has 2 aliphatic rings. The molecule has 1 saturated carbocycles. The van der Waals surface area contributed by atoms with Gasteiger partial charge >= 0.3 is 0 Å². The number of sulfone groups is 1. The molecule has 1 aliphatic heterocycles. The van der Waals surface area contributed by atoms with Crippen LogP contribution in [0.15, 0.2) is 4.99 Å². The van der Waals surface area contributed by atoms with Gasteiger partial charge in [0.05, 0.1) is 19.0 Å². The molecule has 2 unspecified atom stereocenters. The number of guanidine groups is 1. The van der Waals surface area contributed by atoms with Crippen molar-refractivity contribution in [3.63, 3.8) is 0 Å². The van der Waals surface area contributed by atoms with Gasteiger partial charge in [-0.15, -0.1) is 0 Å². The molecule has 0 aromatic heterocycles. The minimum Gasteiger partial charge on any atom is -0.379 e. The SMILES string of the molecule is CN=C(NCCOCCS(C)(=O)=O)NC1CC(C)N(C2CC2)C1. The molecule has 7 nitrogen and oxygen atoms in total. The summed E-state index contributed by atoms with van der Waals surface area (Å²) in [5, 5.41) is 6.68. The Labute approximate surface area is 139 Å². The van der Waals surface area contributed by atoms with Crippen LogP contribution in [0, 0.1) is 0 Å². The van der Waals surface area contributed by atoms with Gasteiger partial charge in [-0.3, -0.25) is 9.89 Å². The van der Waals surface area contributed by atoms with Gasteiger partial charge in [0, 0.05) is 44.5 Å². The van der Waals surface area contributed by atoms with Crippen molar-refractivity contribution in [2.45, 2.75) is 44.3 Å². The Morgan fingerprint density at radius 1 is 1.35 bits per heavy atom. The maximum absolute atomic E-state index is 11.0. The summed E-state index contributed by atoms with van der Waals surface area (Å²) < 4.78 is 27.3. The minimum absolute atomic E-state index is 0.0664. The van der Waals surface area contributed by atoms with E-state index in [4.69, 9.17) is 4.74 Å². The maximum atomic E-state index is 11.0. The normalized spacial score (nSPS) is 26.5. The van der Waals surface area contributed by atoms with Crippen LogP contribution in [0.1, 0.15) is 26.2 Å². The van der Waals surface area contributed by atoms with E-state index in [0.29, 0.717) is 25.2 Å². The summed E-state index contributed by atoms with van der Waals surface area (Å²) in [5.41, 5.74) is 0. The zero-order valence-electron chi connectivity index (χ0n) is 14.4. The average Bonchev–Trinajstić information content (AvgIpc) is 3.24. The zero-order chi connectivity index (χ0) is 16.9. The molecule has 2 atom stereocenters. The van der Waals surface area contributed by atoms with Gasteiger partial charge in [0.15, 0.2) is 5.96 Å². The van der Waals surface area contributed by atoms with Crippen LogP contribution in [0.3, 0.4) is 0 Å². The molecule has 0 aromatic rings. The third-order valence-electron chi connectivity index (χ3n) is 4.34. The lowest BCUT2D eigenvalue weighted by Crippen LogP contribution is -2.45. The Hall–Kier alpha value is -0.860. The van der Waals surface area contributed by atoms with Crippen molar-refractivity contribution in [1.29, 1.82) is 0 Å². The largest absolute Gasteiger partial charge is 0.379 e. The minimum atomic E-state index is -2.95. The third kappa shape index (κ3) is 6.64. The molecule has 0 aromatic carbocycles. The van der Waals surface area contributed by atoms with Crippen molar-refractivity contribution >= 4 is 15.8 Å². The predicted molar refractivity (Wildman–Crippen MR) is 92.6 cm³/mol. The van der Waals surface area contributed by atoms with Crippen LogP contribution in [-0.4, -0.2) is 82.8 Å². The van der Waals surface area contributed by atoms with Crippen LogP contribution in [-0.2, 0) is 14.6 Å². The van der Waals surface area contributed by atoms with Crippen molar-refractivity contribution in [1.82, 2.24) is 15.5 Å².